The largest absolute Gasteiger partial charge is 0.327 e. The number of hydrogen-bond donors (Lipinski definition) is 1. The summed E-state index contributed by atoms with van der Waals surface area (Å²) in [6.07, 6.45) is 7.96. The predicted octanol–water partition coefficient (Wildman–Crippen LogP) is 2.56. The van der Waals surface area contributed by atoms with Gasteiger partial charge < -0.3 is 15.5 Å². The highest BCUT2D eigenvalue weighted by Gasteiger charge is 2.30. The molecule has 0 spiro atoms. The smallest absolute Gasteiger partial charge is 0.0117 e. The molecule has 0 amide bonds. The monoisotopic (exact) mass is 281 g/mol. The number of likely N-dealkylation sites (tertiary alicyclic amines) is 1. The molecule has 1 saturated carbocycles. The molecule has 20 heavy (non-hydrogen) atoms. The molecule has 1 saturated heterocycles. The van der Waals surface area contributed by atoms with E-state index in [-0.39, 0.29) is 0 Å². The van der Waals surface area contributed by atoms with Gasteiger partial charge in [0, 0.05) is 18.6 Å². The maximum Gasteiger partial charge on any atom is 0.0117 e. The van der Waals surface area contributed by atoms with Crippen molar-refractivity contribution in [2.45, 2.75) is 64.5 Å². The Hall–Kier alpha value is -0.120. The van der Waals surface area contributed by atoms with Gasteiger partial charge in [-0.2, -0.15) is 0 Å². The van der Waals surface area contributed by atoms with Gasteiger partial charge in [0.1, 0.15) is 0 Å². The van der Waals surface area contributed by atoms with Crippen LogP contribution in [-0.2, 0) is 0 Å². The van der Waals surface area contributed by atoms with Gasteiger partial charge in [-0.15, -0.1) is 0 Å². The van der Waals surface area contributed by atoms with Crippen molar-refractivity contribution < 1.29 is 0 Å². The quantitative estimate of drug-likeness (QED) is 0.840. The summed E-state index contributed by atoms with van der Waals surface area (Å²) in [5.41, 5.74) is 6.38. The highest BCUT2D eigenvalue weighted by molar-refractivity contribution is 4.86. The van der Waals surface area contributed by atoms with Crippen LogP contribution in [0.4, 0.5) is 0 Å². The molecule has 3 heteroatoms. The Morgan fingerprint density at radius 1 is 1.10 bits per heavy atom. The van der Waals surface area contributed by atoms with Gasteiger partial charge in [0.2, 0.25) is 0 Å². The van der Waals surface area contributed by atoms with Gasteiger partial charge in [0.15, 0.2) is 0 Å². The third kappa shape index (κ3) is 4.19. The van der Waals surface area contributed by atoms with Crippen LogP contribution < -0.4 is 5.73 Å². The first-order valence-electron chi connectivity index (χ1n) is 8.82. The van der Waals surface area contributed by atoms with Crippen LogP contribution in [0.5, 0.6) is 0 Å². The Bertz CT molecular complexity index is 273. The third-order valence-corrected chi connectivity index (χ3v) is 5.88. The van der Waals surface area contributed by atoms with Crippen molar-refractivity contribution in [1.29, 1.82) is 0 Å². The van der Waals surface area contributed by atoms with Gasteiger partial charge in [-0.3, -0.25) is 0 Å². The second-order valence-corrected chi connectivity index (χ2v) is 7.12. The van der Waals surface area contributed by atoms with E-state index in [1.54, 1.807) is 0 Å². The molecule has 0 bridgehead atoms. The van der Waals surface area contributed by atoms with Crippen LogP contribution in [0.15, 0.2) is 0 Å². The minimum Gasteiger partial charge on any atom is -0.327 e. The lowest BCUT2D eigenvalue weighted by Gasteiger charge is -2.41. The Balaban J connectivity index is 1.79. The third-order valence-electron chi connectivity index (χ3n) is 5.88. The molecule has 2 rings (SSSR count). The Morgan fingerprint density at radius 3 is 2.40 bits per heavy atom. The highest BCUT2D eigenvalue weighted by Crippen LogP contribution is 2.31. The van der Waals surface area contributed by atoms with Crippen molar-refractivity contribution >= 4 is 0 Å². The molecule has 1 aliphatic heterocycles. The van der Waals surface area contributed by atoms with Crippen LogP contribution in [0.25, 0.3) is 0 Å². The summed E-state index contributed by atoms with van der Waals surface area (Å²) in [4.78, 5) is 5.19. The lowest BCUT2D eigenvalue weighted by Crippen LogP contribution is -2.48. The van der Waals surface area contributed by atoms with Gasteiger partial charge in [0.25, 0.3) is 0 Å². The molecule has 1 aliphatic carbocycles. The van der Waals surface area contributed by atoms with Gasteiger partial charge >= 0.3 is 0 Å². The molecule has 1 heterocycles. The van der Waals surface area contributed by atoms with Crippen molar-refractivity contribution in [3.63, 3.8) is 0 Å². The average Bonchev–Trinajstić information content (AvgIpc) is 2.49. The average molecular weight is 281 g/mol. The Labute approximate surface area is 125 Å². The fraction of sp³-hybridized carbons (Fsp3) is 1.00. The second kappa shape index (κ2) is 7.77. The Morgan fingerprint density at radius 2 is 1.80 bits per heavy atom. The van der Waals surface area contributed by atoms with Crippen molar-refractivity contribution in [1.82, 2.24) is 9.80 Å². The molecule has 3 unspecified atom stereocenters. The molecule has 2 N–H and O–H groups in total. The molecule has 118 valence electrons. The van der Waals surface area contributed by atoms with Crippen LogP contribution in [0.1, 0.15) is 52.4 Å². The SMILES string of the molecule is CCC1CCC(N)C(CN(C)C2CCN(CC)CC2)C1. The van der Waals surface area contributed by atoms with Crippen LogP contribution in [0.2, 0.25) is 0 Å². The van der Waals surface area contributed by atoms with E-state index in [1.807, 2.05) is 0 Å². The fourth-order valence-electron chi connectivity index (χ4n) is 4.16. The Kier molecular flexibility index (Phi) is 6.31. The van der Waals surface area contributed by atoms with Crippen molar-refractivity contribution in [3.8, 4) is 0 Å². The van der Waals surface area contributed by atoms with Crippen LogP contribution >= 0.6 is 0 Å². The van der Waals surface area contributed by atoms with Crippen molar-refractivity contribution in [3.05, 3.63) is 0 Å². The molecular weight excluding hydrogens is 246 g/mol. The lowest BCUT2D eigenvalue weighted by molar-refractivity contribution is 0.0970. The number of hydrogen-bond acceptors (Lipinski definition) is 3. The predicted molar refractivity (Wildman–Crippen MR) is 86.9 cm³/mol. The zero-order chi connectivity index (χ0) is 14.5. The summed E-state index contributed by atoms with van der Waals surface area (Å²) in [6.45, 7) is 9.59. The molecule has 0 aromatic rings. The number of rotatable bonds is 5. The van der Waals surface area contributed by atoms with Crippen molar-refractivity contribution in [2.24, 2.45) is 17.6 Å². The molecule has 0 aromatic heterocycles. The normalized spacial score (nSPS) is 33.8. The van der Waals surface area contributed by atoms with Crippen LogP contribution in [0.3, 0.4) is 0 Å². The summed E-state index contributed by atoms with van der Waals surface area (Å²) in [7, 11) is 2.33. The summed E-state index contributed by atoms with van der Waals surface area (Å²) in [5, 5.41) is 0. The summed E-state index contributed by atoms with van der Waals surface area (Å²) >= 11 is 0. The topological polar surface area (TPSA) is 32.5 Å². The fourth-order valence-corrected chi connectivity index (χ4v) is 4.16. The van der Waals surface area contributed by atoms with Gasteiger partial charge in [0.05, 0.1) is 0 Å². The van der Waals surface area contributed by atoms with E-state index in [4.69, 9.17) is 5.73 Å². The number of piperidine rings is 1. The molecular formula is C17H35N3. The zero-order valence-electron chi connectivity index (χ0n) is 13.9. The van der Waals surface area contributed by atoms with E-state index >= 15 is 0 Å². The minimum atomic E-state index is 0.441. The first-order valence-corrected chi connectivity index (χ1v) is 8.82. The van der Waals surface area contributed by atoms with E-state index < -0.39 is 0 Å². The lowest BCUT2D eigenvalue weighted by atomic mass is 9.77. The maximum atomic E-state index is 6.38. The van der Waals surface area contributed by atoms with E-state index in [2.05, 4.69) is 30.7 Å². The van der Waals surface area contributed by atoms with E-state index in [0.717, 1.165) is 17.9 Å². The summed E-state index contributed by atoms with van der Waals surface area (Å²) in [5.74, 6) is 1.65. The van der Waals surface area contributed by atoms with Crippen molar-refractivity contribution in [2.75, 3.05) is 33.2 Å². The summed E-state index contributed by atoms with van der Waals surface area (Å²) < 4.78 is 0. The van der Waals surface area contributed by atoms with E-state index in [0.29, 0.717) is 6.04 Å². The van der Waals surface area contributed by atoms with Gasteiger partial charge in [-0.1, -0.05) is 20.3 Å². The van der Waals surface area contributed by atoms with E-state index in [9.17, 15) is 0 Å². The molecule has 3 nitrogen and oxygen atoms in total. The first kappa shape index (κ1) is 16.3. The molecule has 2 fully saturated rings. The maximum absolute atomic E-state index is 6.38. The standard InChI is InChI=1S/C17H35N3/c1-4-14-6-7-17(18)15(12-14)13-19(3)16-8-10-20(5-2)11-9-16/h14-17H,4-13,18H2,1-3H3. The number of nitrogens with two attached hydrogens (primary N) is 1. The first-order chi connectivity index (χ1) is 9.63. The van der Waals surface area contributed by atoms with Crippen LogP contribution in [0, 0.1) is 11.8 Å². The van der Waals surface area contributed by atoms with Crippen LogP contribution in [-0.4, -0.2) is 55.1 Å². The molecule has 0 radical (unpaired) electrons. The van der Waals surface area contributed by atoms with E-state index in [1.165, 1.54) is 64.7 Å². The van der Waals surface area contributed by atoms with Gasteiger partial charge in [-0.25, -0.2) is 0 Å². The summed E-state index contributed by atoms with van der Waals surface area (Å²) in [6, 6.07) is 1.22. The zero-order valence-corrected chi connectivity index (χ0v) is 13.9. The second-order valence-electron chi connectivity index (χ2n) is 7.12. The molecule has 0 aromatic carbocycles. The molecule has 2 aliphatic rings. The van der Waals surface area contributed by atoms with Gasteiger partial charge in [-0.05, 0) is 70.6 Å². The number of nitrogens with zero attached hydrogens (tertiary/aromatic N) is 2. The minimum absolute atomic E-state index is 0.441. The molecule has 3 atom stereocenters. The highest BCUT2D eigenvalue weighted by atomic mass is 15.2.